The number of aromatic nitrogens is 2. The van der Waals surface area contributed by atoms with Gasteiger partial charge in [0.05, 0.1) is 17.1 Å². The first-order chi connectivity index (χ1) is 8.81. The summed E-state index contributed by atoms with van der Waals surface area (Å²) in [5.74, 6) is 0. The zero-order chi connectivity index (χ0) is 14.2. The van der Waals surface area contributed by atoms with Gasteiger partial charge in [-0.3, -0.25) is 0 Å². The van der Waals surface area contributed by atoms with Crippen molar-refractivity contribution in [3.05, 3.63) is 28.4 Å². The summed E-state index contributed by atoms with van der Waals surface area (Å²) in [6.07, 6.45) is -0.548. The minimum Gasteiger partial charge on any atom is -0.442 e. The van der Waals surface area contributed by atoms with E-state index in [0.29, 0.717) is 21.1 Å². The summed E-state index contributed by atoms with van der Waals surface area (Å²) in [5.41, 5.74) is 0.520. The number of hydrogen-bond acceptors (Lipinski definition) is 4. The predicted molar refractivity (Wildman–Crippen MR) is 73.8 cm³/mol. The summed E-state index contributed by atoms with van der Waals surface area (Å²) < 4.78 is 6.97. The third-order valence-electron chi connectivity index (χ3n) is 2.33. The molecule has 0 saturated heterocycles. The van der Waals surface area contributed by atoms with Gasteiger partial charge >= 0.3 is 6.09 Å². The van der Waals surface area contributed by atoms with E-state index in [2.05, 4.69) is 21.0 Å². The molecule has 0 saturated carbocycles. The van der Waals surface area contributed by atoms with Crippen molar-refractivity contribution in [1.29, 1.82) is 5.26 Å². The lowest BCUT2D eigenvalue weighted by Crippen LogP contribution is -2.27. The lowest BCUT2D eigenvalue weighted by atomic mass is 10.2. The maximum Gasteiger partial charge on any atom is 0.435 e. The van der Waals surface area contributed by atoms with E-state index in [-0.39, 0.29) is 0 Å². The van der Waals surface area contributed by atoms with Gasteiger partial charge in [0, 0.05) is 5.39 Å². The molecule has 0 aliphatic carbocycles. The number of benzene rings is 1. The van der Waals surface area contributed by atoms with Crippen LogP contribution in [0.5, 0.6) is 0 Å². The fraction of sp³-hybridized carbons (Fsp3) is 0.308. The van der Waals surface area contributed by atoms with E-state index in [9.17, 15) is 4.79 Å². The van der Waals surface area contributed by atoms with Crippen molar-refractivity contribution in [2.45, 2.75) is 26.4 Å². The molecule has 1 aromatic carbocycles. The van der Waals surface area contributed by atoms with Crippen LogP contribution in [0, 0.1) is 11.3 Å². The molecule has 2 aromatic rings. The van der Waals surface area contributed by atoms with Crippen LogP contribution >= 0.6 is 15.9 Å². The Bertz CT molecular complexity index is 692. The van der Waals surface area contributed by atoms with Crippen molar-refractivity contribution in [3.8, 4) is 6.07 Å². The number of fused-ring (bicyclic) bond motifs is 1. The van der Waals surface area contributed by atoms with Crippen LogP contribution in [0.1, 0.15) is 26.3 Å². The van der Waals surface area contributed by atoms with Gasteiger partial charge in [0.1, 0.15) is 10.2 Å². The normalized spacial score (nSPS) is 11.3. The van der Waals surface area contributed by atoms with Crippen molar-refractivity contribution in [2.24, 2.45) is 0 Å². The minimum atomic E-state index is -0.589. The second-order valence-electron chi connectivity index (χ2n) is 5.03. The number of halogens is 1. The van der Waals surface area contributed by atoms with E-state index < -0.39 is 11.7 Å². The maximum atomic E-state index is 12.0. The SMILES string of the molecule is CC(C)(C)OC(=O)n1nc(Br)c2cc(C#N)ccc21. The monoisotopic (exact) mass is 321 g/mol. The summed E-state index contributed by atoms with van der Waals surface area (Å²) in [6.45, 7) is 5.37. The molecule has 0 aliphatic rings. The number of hydrogen-bond donors (Lipinski definition) is 0. The summed E-state index contributed by atoms with van der Waals surface area (Å²) in [5, 5.41) is 13.7. The standard InChI is InChI=1S/C13H12BrN3O2/c1-13(2,3)19-12(18)17-10-5-4-8(7-15)6-9(10)11(14)16-17/h4-6H,1-3H3. The van der Waals surface area contributed by atoms with Crippen molar-refractivity contribution < 1.29 is 9.53 Å². The molecule has 0 aliphatic heterocycles. The van der Waals surface area contributed by atoms with Crippen LogP contribution < -0.4 is 0 Å². The summed E-state index contributed by atoms with van der Waals surface area (Å²) >= 11 is 3.28. The Morgan fingerprint density at radius 2 is 2.16 bits per heavy atom. The molecule has 0 amide bonds. The summed E-state index contributed by atoms with van der Waals surface area (Å²) in [7, 11) is 0. The maximum absolute atomic E-state index is 12.0. The largest absolute Gasteiger partial charge is 0.442 e. The number of ether oxygens (including phenoxy) is 1. The average Bonchev–Trinajstić information content (AvgIpc) is 2.64. The Balaban J connectivity index is 2.52. The Morgan fingerprint density at radius 1 is 1.47 bits per heavy atom. The minimum absolute atomic E-state index is 0.505. The highest BCUT2D eigenvalue weighted by molar-refractivity contribution is 9.10. The van der Waals surface area contributed by atoms with Crippen LogP contribution in [0.4, 0.5) is 4.79 Å². The van der Waals surface area contributed by atoms with Crippen molar-refractivity contribution in [1.82, 2.24) is 9.78 Å². The first kappa shape index (κ1) is 13.6. The Labute approximate surface area is 118 Å². The van der Waals surface area contributed by atoms with E-state index in [4.69, 9.17) is 10.00 Å². The molecule has 1 aromatic heterocycles. The lowest BCUT2D eigenvalue weighted by Gasteiger charge is -2.19. The van der Waals surface area contributed by atoms with Crippen LogP contribution in [0.25, 0.3) is 10.9 Å². The number of carbonyl (C=O) groups excluding carboxylic acids is 1. The molecule has 6 heteroatoms. The van der Waals surface area contributed by atoms with E-state index in [1.54, 1.807) is 39.0 Å². The smallest absolute Gasteiger partial charge is 0.435 e. The van der Waals surface area contributed by atoms with Crippen molar-refractivity contribution in [2.75, 3.05) is 0 Å². The number of nitrogens with zero attached hydrogens (tertiary/aromatic N) is 3. The quantitative estimate of drug-likeness (QED) is 0.745. The molecule has 19 heavy (non-hydrogen) atoms. The highest BCUT2D eigenvalue weighted by Crippen LogP contribution is 2.25. The van der Waals surface area contributed by atoms with E-state index >= 15 is 0 Å². The Kier molecular flexibility index (Phi) is 3.33. The van der Waals surface area contributed by atoms with Gasteiger partial charge in [-0.25, -0.2) is 4.79 Å². The van der Waals surface area contributed by atoms with Gasteiger partial charge in [0.2, 0.25) is 0 Å². The third-order valence-corrected chi connectivity index (χ3v) is 2.92. The first-order valence-corrected chi connectivity index (χ1v) is 6.43. The molecule has 0 bridgehead atoms. The molecular weight excluding hydrogens is 310 g/mol. The lowest BCUT2D eigenvalue weighted by molar-refractivity contribution is 0.0522. The van der Waals surface area contributed by atoms with Crippen LogP contribution in [0.15, 0.2) is 22.8 Å². The highest BCUT2D eigenvalue weighted by atomic mass is 79.9. The molecule has 1 heterocycles. The van der Waals surface area contributed by atoms with Crippen LogP contribution in [0.2, 0.25) is 0 Å². The summed E-state index contributed by atoms with van der Waals surface area (Å²) in [4.78, 5) is 12.0. The van der Waals surface area contributed by atoms with Crippen LogP contribution in [-0.2, 0) is 4.74 Å². The van der Waals surface area contributed by atoms with E-state index in [1.165, 1.54) is 4.68 Å². The Morgan fingerprint density at radius 3 is 2.74 bits per heavy atom. The molecule has 0 spiro atoms. The topological polar surface area (TPSA) is 67.9 Å². The number of carbonyl (C=O) groups is 1. The van der Waals surface area contributed by atoms with Crippen molar-refractivity contribution in [3.63, 3.8) is 0 Å². The second-order valence-corrected chi connectivity index (χ2v) is 5.78. The average molecular weight is 322 g/mol. The van der Waals surface area contributed by atoms with Gasteiger partial charge in [0.25, 0.3) is 0 Å². The van der Waals surface area contributed by atoms with Crippen LogP contribution in [-0.4, -0.2) is 21.5 Å². The fourth-order valence-corrected chi connectivity index (χ4v) is 2.07. The molecule has 0 atom stereocenters. The molecule has 2 rings (SSSR count). The molecule has 0 fully saturated rings. The fourth-order valence-electron chi connectivity index (χ4n) is 1.60. The molecular formula is C13H12BrN3O2. The molecule has 0 radical (unpaired) electrons. The van der Waals surface area contributed by atoms with Gasteiger partial charge < -0.3 is 4.74 Å². The second kappa shape index (κ2) is 4.67. The molecule has 0 N–H and O–H groups in total. The number of rotatable bonds is 0. The third kappa shape index (κ3) is 2.76. The van der Waals surface area contributed by atoms with Gasteiger partial charge in [-0.15, -0.1) is 0 Å². The summed E-state index contributed by atoms with van der Waals surface area (Å²) in [6, 6.07) is 7.04. The van der Waals surface area contributed by atoms with Crippen LogP contribution in [0.3, 0.4) is 0 Å². The molecule has 98 valence electrons. The number of nitriles is 1. The predicted octanol–water partition coefficient (Wildman–Crippen LogP) is 3.45. The van der Waals surface area contributed by atoms with Gasteiger partial charge in [-0.2, -0.15) is 15.0 Å². The van der Waals surface area contributed by atoms with Gasteiger partial charge in [-0.05, 0) is 54.9 Å². The van der Waals surface area contributed by atoms with Gasteiger partial charge in [0.15, 0.2) is 0 Å². The zero-order valence-corrected chi connectivity index (χ0v) is 12.4. The van der Waals surface area contributed by atoms with Gasteiger partial charge in [-0.1, -0.05) is 0 Å². The zero-order valence-electron chi connectivity index (χ0n) is 10.8. The highest BCUT2D eigenvalue weighted by Gasteiger charge is 2.21. The Hall–Kier alpha value is -1.87. The molecule has 0 unspecified atom stereocenters. The first-order valence-electron chi connectivity index (χ1n) is 5.63. The van der Waals surface area contributed by atoms with E-state index in [0.717, 1.165) is 0 Å². The van der Waals surface area contributed by atoms with Crippen molar-refractivity contribution >= 4 is 32.9 Å². The molecule has 5 nitrogen and oxygen atoms in total. The van der Waals surface area contributed by atoms with E-state index in [1.807, 2.05) is 6.07 Å².